The molecule has 0 saturated heterocycles. The second-order valence-corrected chi connectivity index (χ2v) is 1.90. The minimum atomic E-state index is 0.0621. The minimum Gasteiger partial charge on any atom is -0.374 e. The molecule has 0 aliphatic carbocycles. The highest BCUT2D eigenvalue weighted by Gasteiger charge is 1.90. The molecule has 0 spiro atoms. The number of ketones is 1. The van der Waals surface area contributed by atoms with Crippen LogP contribution in [-0.2, 0) is 9.53 Å². The fourth-order valence-corrected chi connectivity index (χ4v) is 0.401. The van der Waals surface area contributed by atoms with Gasteiger partial charge in [0.1, 0.15) is 6.61 Å². The quantitative estimate of drug-likeness (QED) is 0.532. The number of ether oxygens (including phenoxy) is 1. The van der Waals surface area contributed by atoms with E-state index < -0.39 is 0 Å². The molecular weight excluding hydrogens is 118 g/mol. The third kappa shape index (κ3) is 7.59. The van der Waals surface area contributed by atoms with Gasteiger partial charge in [0.2, 0.25) is 0 Å². The summed E-state index contributed by atoms with van der Waals surface area (Å²) in [6.45, 7) is 2.94. The Kier molecular flexibility index (Phi) is 5.46. The maximum atomic E-state index is 10.3. The van der Waals surface area contributed by atoms with Gasteiger partial charge in [-0.3, -0.25) is 4.79 Å². The average Bonchev–Trinajstić information content (AvgIpc) is 1.80. The maximum Gasteiger partial charge on any atom is 0.155 e. The molecule has 0 saturated carbocycles. The normalized spacial score (nSPS) is 9.56. The minimum absolute atomic E-state index is 0.0621. The second-order valence-electron chi connectivity index (χ2n) is 1.90. The number of nitrogens with two attached hydrogens (primary N) is 1. The van der Waals surface area contributed by atoms with Crippen LogP contribution in [0, 0.1) is 0 Å². The lowest BCUT2D eigenvalue weighted by Crippen LogP contribution is -2.08. The van der Waals surface area contributed by atoms with Crippen LogP contribution < -0.4 is 5.73 Å². The summed E-state index contributed by atoms with van der Waals surface area (Å²) < 4.78 is 4.91. The molecule has 0 aromatic rings. The molecular formula is C6H13NO2. The summed E-state index contributed by atoms with van der Waals surface area (Å²) in [5.74, 6) is 0.0621. The molecule has 9 heavy (non-hydrogen) atoms. The lowest BCUT2D eigenvalue weighted by molar-refractivity contribution is -0.121. The molecule has 0 aliphatic heterocycles. The SMILES string of the molecule is CC(=O)COCCCN. The Hall–Kier alpha value is -0.410. The van der Waals surface area contributed by atoms with E-state index in [2.05, 4.69) is 0 Å². The summed E-state index contributed by atoms with van der Waals surface area (Å²) >= 11 is 0. The largest absolute Gasteiger partial charge is 0.374 e. The number of Topliss-reactive ketones (excluding diaryl/α,β-unsaturated/α-hetero) is 1. The molecule has 3 heteroatoms. The highest BCUT2D eigenvalue weighted by molar-refractivity contribution is 5.76. The van der Waals surface area contributed by atoms with Gasteiger partial charge in [-0.25, -0.2) is 0 Å². The molecule has 3 nitrogen and oxygen atoms in total. The first-order valence-corrected chi connectivity index (χ1v) is 3.04. The summed E-state index contributed by atoms with van der Waals surface area (Å²) in [5, 5.41) is 0. The molecule has 0 unspecified atom stereocenters. The van der Waals surface area contributed by atoms with Crippen molar-refractivity contribution in [2.24, 2.45) is 5.73 Å². The first-order chi connectivity index (χ1) is 4.27. The Morgan fingerprint density at radius 3 is 2.78 bits per heavy atom. The molecule has 0 rings (SSSR count). The van der Waals surface area contributed by atoms with Crippen LogP contribution in [0.4, 0.5) is 0 Å². The van der Waals surface area contributed by atoms with Crippen LogP contribution in [-0.4, -0.2) is 25.5 Å². The van der Waals surface area contributed by atoms with Crippen molar-refractivity contribution in [3.63, 3.8) is 0 Å². The molecule has 0 radical (unpaired) electrons. The van der Waals surface area contributed by atoms with Gasteiger partial charge in [0.05, 0.1) is 0 Å². The van der Waals surface area contributed by atoms with E-state index in [0.717, 1.165) is 6.42 Å². The maximum absolute atomic E-state index is 10.3. The van der Waals surface area contributed by atoms with E-state index >= 15 is 0 Å². The van der Waals surface area contributed by atoms with Crippen LogP contribution in [0.15, 0.2) is 0 Å². The van der Waals surface area contributed by atoms with Crippen molar-refractivity contribution in [2.45, 2.75) is 13.3 Å². The van der Waals surface area contributed by atoms with Crippen molar-refractivity contribution < 1.29 is 9.53 Å². The molecule has 0 aromatic heterocycles. The first-order valence-electron chi connectivity index (χ1n) is 3.04. The zero-order valence-electron chi connectivity index (χ0n) is 5.72. The van der Waals surface area contributed by atoms with Gasteiger partial charge >= 0.3 is 0 Å². The Morgan fingerprint density at radius 2 is 2.33 bits per heavy atom. The van der Waals surface area contributed by atoms with Gasteiger partial charge in [-0.05, 0) is 19.9 Å². The fourth-order valence-electron chi connectivity index (χ4n) is 0.401. The molecule has 54 valence electrons. The number of rotatable bonds is 5. The van der Waals surface area contributed by atoms with Crippen molar-refractivity contribution in [2.75, 3.05) is 19.8 Å². The van der Waals surface area contributed by atoms with E-state index in [0.29, 0.717) is 13.2 Å². The van der Waals surface area contributed by atoms with Crippen molar-refractivity contribution in [3.05, 3.63) is 0 Å². The lowest BCUT2D eigenvalue weighted by Gasteiger charge is -1.97. The molecule has 0 bridgehead atoms. The second kappa shape index (κ2) is 5.72. The fraction of sp³-hybridized carbons (Fsp3) is 0.833. The number of hydrogen-bond donors (Lipinski definition) is 1. The zero-order valence-corrected chi connectivity index (χ0v) is 5.72. The molecule has 0 atom stereocenters. The van der Waals surface area contributed by atoms with Crippen LogP contribution in [0.2, 0.25) is 0 Å². The summed E-state index contributed by atoms with van der Waals surface area (Å²) in [5.41, 5.74) is 5.18. The molecule has 2 N–H and O–H groups in total. The summed E-state index contributed by atoms with van der Waals surface area (Å²) in [7, 11) is 0. The predicted molar refractivity (Wildman–Crippen MR) is 35.2 cm³/mol. The van der Waals surface area contributed by atoms with Crippen LogP contribution in [0.1, 0.15) is 13.3 Å². The van der Waals surface area contributed by atoms with E-state index in [4.69, 9.17) is 10.5 Å². The molecule has 0 aromatic carbocycles. The lowest BCUT2D eigenvalue weighted by atomic mass is 10.4. The van der Waals surface area contributed by atoms with E-state index in [9.17, 15) is 4.79 Å². The Morgan fingerprint density at radius 1 is 1.67 bits per heavy atom. The van der Waals surface area contributed by atoms with E-state index in [1.165, 1.54) is 6.92 Å². The van der Waals surface area contributed by atoms with Gasteiger partial charge in [0.15, 0.2) is 5.78 Å². The van der Waals surface area contributed by atoms with Gasteiger partial charge in [0.25, 0.3) is 0 Å². The van der Waals surface area contributed by atoms with Gasteiger partial charge in [-0.1, -0.05) is 0 Å². The smallest absolute Gasteiger partial charge is 0.155 e. The Balaban J connectivity index is 2.83. The van der Waals surface area contributed by atoms with Crippen molar-refractivity contribution in [1.82, 2.24) is 0 Å². The van der Waals surface area contributed by atoms with E-state index in [1.54, 1.807) is 0 Å². The third-order valence-electron chi connectivity index (χ3n) is 0.798. The molecule has 0 aliphatic rings. The number of hydrogen-bond acceptors (Lipinski definition) is 3. The topological polar surface area (TPSA) is 52.3 Å². The van der Waals surface area contributed by atoms with Crippen molar-refractivity contribution >= 4 is 5.78 Å². The summed E-state index contributed by atoms with van der Waals surface area (Å²) in [6, 6.07) is 0. The van der Waals surface area contributed by atoms with Crippen molar-refractivity contribution in [3.8, 4) is 0 Å². The number of carbonyl (C=O) groups excluding carboxylic acids is 1. The molecule has 0 amide bonds. The monoisotopic (exact) mass is 131 g/mol. The van der Waals surface area contributed by atoms with Gasteiger partial charge in [-0.2, -0.15) is 0 Å². The standard InChI is InChI=1S/C6H13NO2/c1-6(8)5-9-4-2-3-7/h2-5,7H2,1H3. The van der Waals surface area contributed by atoms with Gasteiger partial charge in [0, 0.05) is 6.61 Å². The Bertz CT molecular complexity index is 83.1. The highest BCUT2D eigenvalue weighted by Crippen LogP contribution is 1.79. The highest BCUT2D eigenvalue weighted by atomic mass is 16.5. The van der Waals surface area contributed by atoms with Crippen LogP contribution in [0.25, 0.3) is 0 Å². The zero-order chi connectivity index (χ0) is 7.11. The molecule has 0 fully saturated rings. The number of carbonyl (C=O) groups is 1. The van der Waals surface area contributed by atoms with Crippen molar-refractivity contribution in [1.29, 1.82) is 0 Å². The average molecular weight is 131 g/mol. The van der Waals surface area contributed by atoms with Crippen LogP contribution in [0.5, 0.6) is 0 Å². The predicted octanol–water partition coefficient (Wildman–Crippen LogP) is -0.0592. The van der Waals surface area contributed by atoms with E-state index in [-0.39, 0.29) is 12.4 Å². The van der Waals surface area contributed by atoms with Gasteiger partial charge < -0.3 is 10.5 Å². The van der Waals surface area contributed by atoms with E-state index in [1.807, 2.05) is 0 Å². The van der Waals surface area contributed by atoms with Crippen LogP contribution in [0.3, 0.4) is 0 Å². The van der Waals surface area contributed by atoms with Crippen LogP contribution >= 0.6 is 0 Å². The Labute approximate surface area is 55.2 Å². The summed E-state index contributed by atoms with van der Waals surface area (Å²) in [4.78, 5) is 10.3. The first kappa shape index (κ1) is 8.59. The van der Waals surface area contributed by atoms with Gasteiger partial charge in [-0.15, -0.1) is 0 Å². The summed E-state index contributed by atoms with van der Waals surface area (Å²) in [6.07, 6.45) is 0.827. The molecule has 0 heterocycles. The third-order valence-corrected chi connectivity index (χ3v) is 0.798.